The van der Waals surface area contributed by atoms with Crippen LogP contribution in [0.3, 0.4) is 0 Å². The highest BCUT2D eigenvalue weighted by Crippen LogP contribution is 2.24. The van der Waals surface area contributed by atoms with Gasteiger partial charge in [-0.05, 0) is 37.7 Å². The summed E-state index contributed by atoms with van der Waals surface area (Å²) < 4.78 is 13.8. The zero-order valence-corrected chi connectivity index (χ0v) is 12.6. The molecule has 1 aromatic carbocycles. The second kappa shape index (κ2) is 7.61. The molecule has 1 unspecified atom stereocenters. The summed E-state index contributed by atoms with van der Waals surface area (Å²) in [5, 5.41) is 6.69. The molecule has 0 amide bonds. The maximum absolute atomic E-state index is 13.8. The largest absolute Gasteiger partial charge is 0.319 e. The monoisotopic (exact) mass is 266 g/mol. The van der Waals surface area contributed by atoms with E-state index in [-0.39, 0.29) is 11.2 Å². The van der Waals surface area contributed by atoms with Gasteiger partial charge in [-0.25, -0.2) is 4.39 Å². The van der Waals surface area contributed by atoms with Crippen LogP contribution in [0.5, 0.6) is 0 Å². The molecule has 0 aliphatic heterocycles. The Kier molecular flexibility index (Phi) is 6.46. The Labute approximate surface area is 116 Å². The van der Waals surface area contributed by atoms with Gasteiger partial charge in [0.25, 0.3) is 0 Å². The molecule has 0 saturated carbocycles. The molecule has 0 heterocycles. The average Bonchev–Trinajstić information content (AvgIpc) is 2.38. The summed E-state index contributed by atoms with van der Waals surface area (Å²) in [7, 11) is 1.98. The van der Waals surface area contributed by atoms with Crippen molar-refractivity contribution in [3.63, 3.8) is 0 Å². The van der Waals surface area contributed by atoms with E-state index < -0.39 is 0 Å². The summed E-state index contributed by atoms with van der Waals surface area (Å²) in [4.78, 5) is 0. The minimum absolute atomic E-state index is 0.114. The molecule has 3 heteroatoms. The topological polar surface area (TPSA) is 24.1 Å². The standard InChI is InChI=1S/C16H27FN2/c1-5-13(10-18-4)11-19-12-16(2,3)14-8-6-7-9-15(14)17/h6-9,13,18-19H,5,10-12H2,1-4H3. The van der Waals surface area contributed by atoms with E-state index in [1.54, 1.807) is 6.07 Å². The van der Waals surface area contributed by atoms with Crippen molar-refractivity contribution < 1.29 is 4.39 Å². The number of nitrogens with one attached hydrogen (secondary N) is 2. The predicted octanol–water partition coefficient (Wildman–Crippen LogP) is 2.94. The molecule has 1 aromatic rings. The minimum Gasteiger partial charge on any atom is -0.319 e. The highest BCUT2D eigenvalue weighted by Gasteiger charge is 2.23. The molecule has 0 spiro atoms. The van der Waals surface area contributed by atoms with Crippen molar-refractivity contribution in [3.8, 4) is 0 Å². The lowest BCUT2D eigenvalue weighted by Crippen LogP contribution is -2.38. The fourth-order valence-electron chi connectivity index (χ4n) is 2.34. The van der Waals surface area contributed by atoms with Crippen molar-refractivity contribution in [1.29, 1.82) is 0 Å². The van der Waals surface area contributed by atoms with Gasteiger partial charge < -0.3 is 10.6 Å². The van der Waals surface area contributed by atoms with Crippen LogP contribution in [-0.4, -0.2) is 26.7 Å². The number of rotatable bonds is 8. The molecule has 0 aromatic heterocycles. The lowest BCUT2D eigenvalue weighted by atomic mass is 9.84. The van der Waals surface area contributed by atoms with Crippen molar-refractivity contribution in [2.75, 3.05) is 26.7 Å². The molecule has 0 aliphatic rings. The van der Waals surface area contributed by atoms with Crippen LogP contribution in [-0.2, 0) is 5.41 Å². The first-order valence-electron chi connectivity index (χ1n) is 7.11. The molecule has 0 saturated heterocycles. The van der Waals surface area contributed by atoms with Crippen LogP contribution in [0.15, 0.2) is 24.3 Å². The van der Waals surface area contributed by atoms with Crippen molar-refractivity contribution in [2.45, 2.75) is 32.6 Å². The number of hydrogen-bond donors (Lipinski definition) is 2. The van der Waals surface area contributed by atoms with Gasteiger partial charge in [-0.1, -0.05) is 45.4 Å². The van der Waals surface area contributed by atoms with Crippen LogP contribution in [0, 0.1) is 11.7 Å². The Balaban J connectivity index is 2.54. The van der Waals surface area contributed by atoms with Crippen LogP contribution in [0.4, 0.5) is 4.39 Å². The third-order valence-corrected chi connectivity index (χ3v) is 3.67. The Morgan fingerprint density at radius 2 is 1.89 bits per heavy atom. The molecule has 108 valence electrons. The van der Waals surface area contributed by atoms with E-state index >= 15 is 0 Å². The fourth-order valence-corrected chi connectivity index (χ4v) is 2.34. The molecular formula is C16H27FN2. The van der Waals surface area contributed by atoms with Gasteiger partial charge in [0.15, 0.2) is 0 Å². The van der Waals surface area contributed by atoms with Crippen LogP contribution < -0.4 is 10.6 Å². The van der Waals surface area contributed by atoms with E-state index in [1.165, 1.54) is 6.07 Å². The molecular weight excluding hydrogens is 239 g/mol. The average molecular weight is 266 g/mol. The van der Waals surface area contributed by atoms with Gasteiger partial charge in [0, 0.05) is 12.0 Å². The smallest absolute Gasteiger partial charge is 0.126 e. The Bertz CT molecular complexity index is 377. The maximum Gasteiger partial charge on any atom is 0.126 e. The van der Waals surface area contributed by atoms with Crippen molar-refractivity contribution in [2.24, 2.45) is 5.92 Å². The molecule has 2 nitrogen and oxygen atoms in total. The molecule has 0 fully saturated rings. The van der Waals surface area contributed by atoms with E-state index in [0.717, 1.165) is 31.6 Å². The van der Waals surface area contributed by atoms with Gasteiger partial charge >= 0.3 is 0 Å². The van der Waals surface area contributed by atoms with E-state index in [9.17, 15) is 4.39 Å². The summed E-state index contributed by atoms with van der Waals surface area (Å²) in [6, 6.07) is 7.05. The first-order chi connectivity index (χ1) is 9.01. The Hall–Kier alpha value is -0.930. The van der Waals surface area contributed by atoms with Crippen LogP contribution >= 0.6 is 0 Å². The van der Waals surface area contributed by atoms with Gasteiger partial charge in [-0.15, -0.1) is 0 Å². The van der Waals surface area contributed by atoms with Crippen molar-refractivity contribution in [1.82, 2.24) is 10.6 Å². The molecule has 19 heavy (non-hydrogen) atoms. The zero-order chi connectivity index (χ0) is 14.3. The summed E-state index contributed by atoms with van der Waals surface area (Å²) in [6.45, 7) is 9.13. The second-order valence-corrected chi connectivity index (χ2v) is 5.83. The van der Waals surface area contributed by atoms with Crippen LogP contribution in [0.2, 0.25) is 0 Å². The highest BCUT2D eigenvalue weighted by atomic mass is 19.1. The van der Waals surface area contributed by atoms with E-state index in [0.29, 0.717) is 5.92 Å². The molecule has 1 rings (SSSR count). The molecule has 0 bridgehead atoms. The van der Waals surface area contributed by atoms with Crippen molar-refractivity contribution in [3.05, 3.63) is 35.6 Å². The molecule has 1 atom stereocenters. The normalized spacial score (nSPS) is 13.5. The lowest BCUT2D eigenvalue weighted by Gasteiger charge is -2.27. The fraction of sp³-hybridized carbons (Fsp3) is 0.625. The third-order valence-electron chi connectivity index (χ3n) is 3.67. The van der Waals surface area contributed by atoms with Gasteiger partial charge in [0.1, 0.15) is 5.82 Å². The quantitative estimate of drug-likeness (QED) is 0.756. The number of benzene rings is 1. The summed E-state index contributed by atoms with van der Waals surface area (Å²) in [6.07, 6.45) is 1.15. The lowest BCUT2D eigenvalue weighted by molar-refractivity contribution is 0.394. The first kappa shape index (κ1) is 16.1. The SMILES string of the molecule is CCC(CNC)CNCC(C)(C)c1ccccc1F. The Morgan fingerprint density at radius 1 is 1.21 bits per heavy atom. The zero-order valence-electron chi connectivity index (χ0n) is 12.6. The summed E-state index contributed by atoms with van der Waals surface area (Å²) in [5.41, 5.74) is 0.590. The van der Waals surface area contributed by atoms with Crippen LogP contribution in [0.25, 0.3) is 0 Å². The van der Waals surface area contributed by atoms with E-state index in [1.807, 2.05) is 19.2 Å². The van der Waals surface area contributed by atoms with Gasteiger partial charge in [-0.3, -0.25) is 0 Å². The Morgan fingerprint density at radius 3 is 2.47 bits per heavy atom. The predicted molar refractivity (Wildman–Crippen MR) is 80.0 cm³/mol. The van der Waals surface area contributed by atoms with Crippen LogP contribution in [0.1, 0.15) is 32.8 Å². The second-order valence-electron chi connectivity index (χ2n) is 5.83. The van der Waals surface area contributed by atoms with E-state index in [4.69, 9.17) is 0 Å². The van der Waals surface area contributed by atoms with Gasteiger partial charge in [0.05, 0.1) is 0 Å². The first-order valence-corrected chi connectivity index (χ1v) is 7.11. The minimum atomic E-state index is -0.191. The number of hydrogen-bond acceptors (Lipinski definition) is 2. The van der Waals surface area contributed by atoms with Gasteiger partial charge in [0.2, 0.25) is 0 Å². The highest BCUT2D eigenvalue weighted by molar-refractivity contribution is 5.25. The summed E-state index contributed by atoms with van der Waals surface area (Å²) >= 11 is 0. The molecule has 0 aliphatic carbocycles. The van der Waals surface area contributed by atoms with Gasteiger partial charge in [-0.2, -0.15) is 0 Å². The number of halogens is 1. The summed E-state index contributed by atoms with van der Waals surface area (Å²) in [5.74, 6) is 0.512. The van der Waals surface area contributed by atoms with E-state index in [2.05, 4.69) is 31.4 Å². The maximum atomic E-state index is 13.8. The van der Waals surface area contributed by atoms with Crippen molar-refractivity contribution >= 4 is 0 Å². The molecule has 0 radical (unpaired) electrons. The molecule has 2 N–H and O–H groups in total. The third kappa shape index (κ3) is 4.92.